The molecule has 2 nitrogen and oxygen atoms in total. The van der Waals surface area contributed by atoms with E-state index in [2.05, 4.69) is 17.1 Å². The summed E-state index contributed by atoms with van der Waals surface area (Å²) in [6.45, 7) is 8.62. The normalized spacial score (nSPS) is 22.8. The summed E-state index contributed by atoms with van der Waals surface area (Å²) in [4.78, 5) is 2.62. The minimum atomic E-state index is 1.21. The Morgan fingerprint density at radius 2 is 1.77 bits per heavy atom. The van der Waals surface area contributed by atoms with Gasteiger partial charge in [-0.1, -0.05) is 13.3 Å². The van der Waals surface area contributed by atoms with Gasteiger partial charge in [-0.25, -0.2) is 0 Å². The van der Waals surface area contributed by atoms with Crippen molar-refractivity contribution in [1.82, 2.24) is 10.2 Å². The van der Waals surface area contributed by atoms with Gasteiger partial charge in [0.05, 0.1) is 0 Å². The predicted molar refractivity (Wildman–Crippen MR) is 58.1 cm³/mol. The van der Waals surface area contributed by atoms with Gasteiger partial charge in [-0.15, -0.1) is 0 Å². The Kier molecular flexibility index (Phi) is 6.21. The van der Waals surface area contributed by atoms with E-state index in [1.807, 2.05) is 0 Å². The molecule has 1 aliphatic heterocycles. The molecular weight excluding hydrogens is 160 g/mol. The maximum Gasteiger partial charge on any atom is -0.000664 e. The molecule has 1 rings (SSSR count). The Balaban J connectivity index is 2.18. The molecule has 1 saturated heterocycles. The SMILES string of the molecule is CCCN1CCCCCNCCC1. The van der Waals surface area contributed by atoms with Gasteiger partial charge in [0.1, 0.15) is 0 Å². The highest BCUT2D eigenvalue weighted by atomic mass is 15.1. The zero-order valence-electron chi connectivity index (χ0n) is 9.02. The fraction of sp³-hybridized carbons (Fsp3) is 1.00. The van der Waals surface area contributed by atoms with Gasteiger partial charge in [0.2, 0.25) is 0 Å². The van der Waals surface area contributed by atoms with E-state index in [1.165, 1.54) is 64.8 Å². The van der Waals surface area contributed by atoms with Gasteiger partial charge in [0.15, 0.2) is 0 Å². The van der Waals surface area contributed by atoms with Crippen LogP contribution in [0.15, 0.2) is 0 Å². The largest absolute Gasteiger partial charge is 0.317 e. The van der Waals surface area contributed by atoms with E-state index in [1.54, 1.807) is 0 Å². The average Bonchev–Trinajstić information content (AvgIpc) is 2.16. The molecule has 0 bridgehead atoms. The van der Waals surface area contributed by atoms with E-state index >= 15 is 0 Å². The summed E-state index contributed by atoms with van der Waals surface area (Å²) < 4.78 is 0. The summed E-state index contributed by atoms with van der Waals surface area (Å²) >= 11 is 0. The quantitative estimate of drug-likeness (QED) is 0.705. The highest BCUT2D eigenvalue weighted by molar-refractivity contribution is 4.61. The first-order chi connectivity index (χ1) is 6.43. The van der Waals surface area contributed by atoms with Crippen LogP contribution in [0, 0.1) is 0 Å². The monoisotopic (exact) mass is 184 g/mol. The van der Waals surface area contributed by atoms with Gasteiger partial charge in [0.25, 0.3) is 0 Å². The van der Waals surface area contributed by atoms with Crippen molar-refractivity contribution >= 4 is 0 Å². The lowest BCUT2D eigenvalue weighted by Gasteiger charge is -2.22. The molecule has 0 amide bonds. The van der Waals surface area contributed by atoms with Gasteiger partial charge in [-0.05, 0) is 58.4 Å². The first kappa shape index (κ1) is 11.0. The van der Waals surface area contributed by atoms with Gasteiger partial charge >= 0.3 is 0 Å². The highest BCUT2D eigenvalue weighted by Gasteiger charge is 2.04. The van der Waals surface area contributed by atoms with E-state index < -0.39 is 0 Å². The Labute approximate surface area is 82.7 Å². The molecule has 0 aromatic carbocycles. The van der Waals surface area contributed by atoms with Gasteiger partial charge < -0.3 is 10.2 Å². The average molecular weight is 184 g/mol. The number of rotatable bonds is 2. The van der Waals surface area contributed by atoms with Crippen LogP contribution >= 0.6 is 0 Å². The summed E-state index contributed by atoms with van der Waals surface area (Å²) in [5.74, 6) is 0. The second-order valence-electron chi connectivity index (χ2n) is 4.01. The van der Waals surface area contributed by atoms with Crippen LogP contribution in [0.3, 0.4) is 0 Å². The minimum Gasteiger partial charge on any atom is -0.317 e. The lowest BCUT2D eigenvalue weighted by molar-refractivity contribution is 0.258. The van der Waals surface area contributed by atoms with E-state index in [0.717, 1.165) is 0 Å². The molecule has 1 heterocycles. The molecule has 0 spiro atoms. The minimum absolute atomic E-state index is 1.21. The van der Waals surface area contributed by atoms with Gasteiger partial charge in [0, 0.05) is 0 Å². The van der Waals surface area contributed by atoms with Crippen LogP contribution in [0.1, 0.15) is 39.0 Å². The zero-order chi connectivity index (χ0) is 9.36. The number of nitrogens with one attached hydrogen (secondary N) is 1. The summed E-state index contributed by atoms with van der Waals surface area (Å²) in [7, 11) is 0. The van der Waals surface area contributed by atoms with E-state index in [0.29, 0.717) is 0 Å². The third-order valence-electron chi connectivity index (χ3n) is 2.70. The molecule has 0 aromatic heterocycles. The van der Waals surface area contributed by atoms with E-state index in [4.69, 9.17) is 0 Å². The number of hydrogen-bond acceptors (Lipinski definition) is 2. The molecule has 0 saturated carbocycles. The standard InChI is InChI=1S/C11H24N2/c1-2-9-13-10-5-3-4-7-12-8-6-11-13/h12H,2-11H2,1H3. The van der Waals surface area contributed by atoms with Gasteiger partial charge in [-0.3, -0.25) is 0 Å². The summed E-state index contributed by atoms with van der Waals surface area (Å²) in [6, 6.07) is 0. The van der Waals surface area contributed by atoms with Crippen molar-refractivity contribution in [3.05, 3.63) is 0 Å². The third-order valence-corrected chi connectivity index (χ3v) is 2.70. The van der Waals surface area contributed by atoms with Crippen LogP contribution in [-0.4, -0.2) is 37.6 Å². The Morgan fingerprint density at radius 1 is 1.00 bits per heavy atom. The molecule has 1 N–H and O–H groups in total. The Bertz CT molecular complexity index is 105. The fourth-order valence-electron chi connectivity index (χ4n) is 1.97. The first-order valence-electron chi connectivity index (χ1n) is 5.86. The van der Waals surface area contributed by atoms with Crippen LogP contribution in [-0.2, 0) is 0 Å². The van der Waals surface area contributed by atoms with Gasteiger partial charge in [-0.2, -0.15) is 0 Å². The number of hydrogen-bond donors (Lipinski definition) is 1. The Hall–Kier alpha value is -0.0800. The van der Waals surface area contributed by atoms with Crippen LogP contribution in [0.25, 0.3) is 0 Å². The number of nitrogens with zero attached hydrogens (tertiary/aromatic N) is 1. The zero-order valence-corrected chi connectivity index (χ0v) is 9.02. The summed E-state index contributed by atoms with van der Waals surface area (Å²) in [5.41, 5.74) is 0. The van der Waals surface area contributed by atoms with Crippen LogP contribution in [0.5, 0.6) is 0 Å². The summed E-state index contributed by atoms with van der Waals surface area (Å²) in [5, 5.41) is 3.49. The lowest BCUT2D eigenvalue weighted by atomic mass is 10.2. The molecule has 1 fully saturated rings. The molecular formula is C11H24N2. The molecule has 78 valence electrons. The van der Waals surface area contributed by atoms with Crippen molar-refractivity contribution in [2.75, 3.05) is 32.7 Å². The lowest BCUT2D eigenvalue weighted by Crippen LogP contribution is -2.30. The smallest absolute Gasteiger partial charge is 0.000664 e. The van der Waals surface area contributed by atoms with Crippen molar-refractivity contribution in [2.45, 2.75) is 39.0 Å². The Morgan fingerprint density at radius 3 is 2.62 bits per heavy atom. The molecule has 2 heteroatoms. The molecule has 1 aliphatic rings. The molecule has 0 aliphatic carbocycles. The molecule has 0 radical (unpaired) electrons. The van der Waals surface area contributed by atoms with Crippen molar-refractivity contribution in [3.63, 3.8) is 0 Å². The van der Waals surface area contributed by atoms with Crippen molar-refractivity contribution < 1.29 is 0 Å². The molecule has 0 unspecified atom stereocenters. The fourth-order valence-corrected chi connectivity index (χ4v) is 1.97. The van der Waals surface area contributed by atoms with Crippen LogP contribution < -0.4 is 5.32 Å². The summed E-state index contributed by atoms with van der Waals surface area (Å²) in [6.07, 6.45) is 6.77. The van der Waals surface area contributed by atoms with Crippen molar-refractivity contribution in [3.8, 4) is 0 Å². The topological polar surface area (TPSA) is 15.3 Å². The van der Waals surface area contributed by atoms with Crippen LogP contribution in [0.4, 0.5) is 0 Å². The second-order valence-corrected chi connectivity index (χ2v) is 4.01. The molecule has 0 aromatic rings. The molecule has 13 heavy (non-hydrogen) atoms. The maximum atomic E-state index is 3.49. The third kappa shape index (κ3) is 5.27. The van der Waals surface area contributed by atoms with Crippen molar-refractivity contribution in [1.29, 1.82) is 0 Å². The van der Waals surface area contributed by atoms with E-state index in [-0.39, 0.29) is 0 Å². The second kappa shape index (κ2) is 7.34. The van der Waals surface area contributed by atoms with Crippen LogP contribution in [0.2, 0.25) is 0 Å². The highest BCUT2D eigenvalue weighted by Crippen LogP contribution is 2.02. The van der Waals surface area contributed by atoms with Crippen molar-refractivity contribution in [2.24, 2.45) is 0 Å². The molecule has 0 atom stereocenters. The predicted octanol–water partition coefficient (Wildman–Crippen LogP) is 1.86. The maximum absolute atomic E-state index is 3.49. The van der Waals surface area contributed by atoms with E-state index in [9.17, 15) is 0 Å². The first-order valence-corrected chi connectivity index (χ1v) is 5.86.